The van der Waals surface area contributed by atoms with Crippen molar-refractivity contribution in [1.82, 2.24) is 0 Å². The van der Waals surface area contributed by atoms with E-state index >= 15 is 0 Å². The maximum atomic E-state index is 2.49. The van der Waals surface area contributed by atoms with Crippen LogP contribution in [0, 0.1) is 20.8 Å². The van der Waals surface area contributed by atoms with Crippen molar-refractivity contribution >= 4 is 96.1 Å². The van der Waals surface area contributed by atoms with E-state index in [0.29, 0.717) is 0 Å². The van der Waals surface area contributed by atoms with Crippen LogP contribution in [0.5, 0.6) is 0 Å². The van der Waals surface area contributed by atoms with Crippen molar-refractivity contribution in [2.45, 2.75) is 45.4 Å². The Hall–Kier alpha value is -14.8. The van der Waals surface area contributed by atoms with E-state index < -0.39 is 5.41 Å². The minimum Gasteiger partial charge on any atom is -0.310 e. The number of anilines is 15. The molecule has 0 N–H and O–H groups in total. The first-order valence-corrected chi connectivity index (χ1v) is 40.9. The summed E-state index contributed by atoms with van der Waals surface area (Å²) in [6, 6.07) is 163. The summed E-state index contributed by atoms with van der Waals surface area (Å²) in [5.41, 5.74) is 35.0. The molecule has 18 aromatic rings. The van der Waals surface area contributed by atoms with Gasteiger partial charge in [0.15, 0.2) is 0 Å². The van der Waals surface area contributed by atoms with Crippen molar-refractivity contribution in [2.75, 3.05) is 24.5 Å². The van der Waals surface area contributed by atoms with Crippen LogP contribution in [0.3, 0.4) is 0 Å². The zero-order chi connectivity index (χ0) is 79.7. The minimum atomic E-state index is -0.533. The van der Waals surface area contributed by atoms with E-state index in [9.17, 15) is 0 Å². The molecular formula is C113H89N5. The van der Waals surface area contributed by atoms with Gasteiger partial charge in [-0.05, 0) is 303 Å². The Labute approximate surface area is 693 Å². The molecule has 0 fully saturated rings. The van der Waals surface area contributed by atoms with Gasteiger partial charge in [-0.2, -0.15) is 0 Å². The summed E-state index contributed by atoms with van der Waals surface area (Å²) in [4.78, 5) is 11.8. The van der Waals surface area contributed by atoms with Crippen LogP contribution in [0.4, 0.5) is 85.3 Å². The topological polar surface area (TPSA) is 16.2 Å². The minimum absolute atomic E-state index is 0.122. The summed E-state index contributed by atoms with van der Waals surface area (Å²) in [7, 11) is 0. The molecule has 0 saturated carbocycles. The standard InChI is InChI=1S/C57H48N4.C56H41N/c1-43-16-13-25-55(40-43)59(46-19-7-4-8-20-46)52-34-28-49(29-35-52)58(50-30-36-53(37-31-50)60(47-21-9-5-10-22-47)56-26-14-17-44(2)41-56)51-32-38-54(39-33-51)61(48-23-11-6-12-24-48)57-27-15-18-45(3)42-57;1-55(2)51-25-15-14-24-47(51)48-31-29-45(36-53(48)55)57(44-28-26-39-18-12-13-19-40(39)34-44)46-30-32-49-50-35-41(38-16-6-3-7-17-38)27-33-52(50)56(54(49)37-46,42-20-8-4-9-21-42)43-22-10-5-11-23-43/h4-42H,1-3H3;3-37H,1-2H3. The molecule has 2 aliphatic rings. The van der Waals surface area contributed by atoms with Crippen LogP contribution in [0.15, 0.2) is 449 Å². The Morgan fingerprint density at radius 2 is 0.475 bits per heavy atom. The molecule has 0 unspecified atom stereocenters. The summed E-state index contributed by atoms with van der Waals surface area (Å²) in [5.74, 6) is 0. The zero-order valence-corrected chi connectivity index (χ0v) is 67.0. The molecule has 2 aliphatic carbocycles. The Morgan fingerprint density at radius 1 is 0.169 bits per heavy atom. The predicted molar refractivity (Wildman–Crippen MR) is 498 cm³/mol. The van der Waals surface area contributed by atoms with Crippen LogP contribution in [0.1, 0.15) is 63.9 Å². The van der Waals surface area contributed by atoms with Crippen molar-refractivity contribution in [3.8, 4) is 33.4 Å². The third-order valence-electron chi connectivity index (χ3n) is 23.6. The SMILES string of the molecule is CC1(C)c2ccccc2-c2ccc(N(c3ccc4c(c3)C(c3ccccc3)(c3ccccc3)c3ccc(-c5ccccc5)cc3-4)c3ccc4ccccc4c3)cc21.Cc1cccc(N(c2ccccc2)c2ccc(N(c3ccc(N(c4ccccc4)c4cccc(C)c4)cc3)c3ccc(N(c4ccccc4)c4cccc(C)c4)cc3)cc2)c1. The smallest absolute Gasteiger partial charge is 0.0714 e. The lowest BCUT2D eigenvalue weighted by molar-refractivity contribution is 0.660. The van der Waals surface area contributed by atoms with E-state index in [1.807, 2.05) is 0 Å². The Morgan fingerprint density at radius 3 is 0.915 bits per heavy atom. The lowest BCUT2D eigenvalue weighted by Gasteiger charge is -2.35. The van der Waals surface area contributed by atoms with Gasteiger partial charge in [-0.1, -0.05) is 275 Å². The van der Waals surface area contributed by atoms with E-state index in [-0.39, 0.29) is 5.41 Å². The first-order chi connectivity index (χ1) is 58.0. The molecule has 0 saturated heterocycles. The van der Waals surface area contributed by atoms with Crippen LogP contribution in [-0.4, -0.2) is 0 Å². The maximum Gasteiger partial charge on any atom is 0.0714 e. The molecule has 0 atom stereocenters. The average molecular weight is 1520 g/mol. The fourth-order valence-corrected chi connectivity index (χ4v) is 18.1. The highest BCUT2D eigenvalue weighted by Gasteiger charge is 2.47. The van der Waals surface area contributed by atoms with Gasteiger partial charge in [-0.3, -0.25) is 0 Å². The Bertz CT molecular complexity index is 6260. The molecule has 0 radical (unpaired) electrons. The van der Waals surface area contributed by atoms with Crippen molar-refractivity contribution in [1.29, 1.82) is 0 Å². The monoisotopic (exact) mass is 1520 g/mol. The van der Waals surface area contributed by atoms with E-state index in [1.54, 1.807) is 0 Å². The molecule has 0 spiro atoms. The summed E-state index contributed by atoms with van der Waals surface area (Å²) in [6.07, 6.45) is 0. The number of fused-ring (bicyclic) bond motifs is 7. The first kappa shape index (κ1) is 73.4. The third-order valence-corrected chi connectivity index (χ3v) is 23.6. The molecular weight excluding hydrogens is 1430 g/mol. The highest BCUT2D eigenvalue weighted by molar-refractivity contribution is 5.95. The largest absolute Gasteiger partial charge is 0.310 e. The number of rotatable bonds is 18. The molecule has 0 amide bonds. The summed E-state index contributed by atoms with van der Waals surface area (Å²) in [5, 5.41) is 2.45. The van der Waals surface area contributed by atoms with Crippen LogP contribution >= 0.6 is 0 Å². The fourth-order valence-electron chi connectivity index (χ4n) is 18.1. The highest BCUT2D eigenvalue weighted by atomic mass is 15.2. The fraction of sp³-hybridized carbons (Fsp3) is 0.0619. The third kappa shape index (κ3) is 13.8. The van der Waals surface area contributed by atoms with Crippen LogP contribution < -0.4 is 24.5 Å². The molecule has 5 nitrogen and oxygen atoms in total. The van der Waals surface area contributed by atoms with Gasteiger partial charge in [0.05, 0.1) is 5.41 Å². The molecule has 566 valence electrons. The molecule has 0 aliphatic heterocycles. The van der Waals surface area contributed by atoms with E-state index in [4.69, 9.17) is 0 Å². The lowest BCUT2D eigenvalue weighted by atomic mass is 9.67. The lowest BCUT2D eigenvalue weighted by Crippen LogP contribution is -2.28. The van der Waals surface area contributed by atoms with E-state index in [1.165, 1.54) is 94.2 Å². The van der Waals surface area contributed by atoms with Gasteiger partial charge in [-0.25, -0.2) is 0 Å². The van der Waals surface area contributed by atoms with Crippen molar-refractivity contribution in [3.05, 3.63) is 499 Å². The average Bonchev–Trinajstić information content (AvgIpc) is 1.53. The second-order valence-electron chi connectivity index (χ2n) is 31.5. The number of benzene rings is 18. The van der Waals surface area contributed by atoms with Gasteiger partial charge in [0, 0.05) is 90.7 Å². The van der Waals surface area contributed by atoms with Gasteiger partial charge in [0.1, 0.15) is 0 Å². The Kier molecular flexibility index (Phi) is 19.6. The number of hydrogen-bond acceptors (Lipinski definition) is 5. The number of hydrogen-bond donors (Lipinski definition) is 0. The van der Waals surface area contributed by atoms with Crippen LogP contribution in [0.25, 0.3) is 44.2 Å². The van der Waals surface area contributed by atoms with E-state index in [0.717, 1.165) is 85.3 Å². The van der Waals surface area contributed by atoms with Gasteiger partial charge < -0.3 is 24.5 Å². The molecule has 0 aromatic heterocycles. The number of aryl methyl sites for hydroxylation is 3. The van der Waals surface area contributed by atoms with Crippen molar-refractivity contribution in [2.24, 2.45) is 0 Å². The second kappa shape index (κ2) is 31.5. The van der Waals surface area contributed by atoms with Crippen molar-refractivity contribution in [3.63, 3.8) is 0 Å². The van der Waals surface area contributed by atoms with Crippen molar-refractivity contribution < 1.29 is 0 Å². The highest BCUT2D eigenvalue weighted by Crippen LogP contribution is 2.59. The summed E-state index contributed by atoms with van der Waals surface area (Å²) < 4.78 is 0. The van der Waals surface area contributed by atoms with Gasteiger partial charge >= 0.3 is 0 Å². The number of nitrogens with zero attached hydrogens (tertiary/aromatic N) is 5. The predicted octanol–water partition coefficient (Wildman–Crippen LogP) is 31.1. The number of para-hydroxylation sites is 3. The molecule has 118 heavy (non-hydrogen) atoms. The molecule has 18 aromatic carbocycles. The zero-order valence-electron chi connectivity index (χ0n) is 67.0. The Balaban J connectivity index is 0.000000157. The molecule has 0 heterocycles. The van der Waals surface area contributed by atoms with Gasteiger partial charge in [0.2, 0.25) is 0 Å². The van der Waals surface area contributed by atoms with Crippen LogP contribution in [0.2, 0.25) is 0 Å². The summed E-state index contributed by atoms with van der Waals surface area (Å²) >= 11 is 0. The normalized spacial score (nSPS) is 12.4. The van der Waals surface area contributed by atoms with Gasteiger partial charge in [0.25, 0.3) is 0 Å². The van der Waals surface area contributed by atoms with Crippen LogP contribution in [-0.2, 0) is 10.8 Å². The quantitative estimate of drug-likeness (QED) is 0.0848. The van der Waals surface area contributed by atoms with Gasteiger partial charge in [-0.15, -0.1) is 0 Å². The second-order valence-corrected chi connectivity index (χ2v) is 31.5. The van der Waals surface area contributed by atoms with E-state index in [2.05, 4.69) is 508 Å². The summed E-state index contributed by atoms with van der Waals surface area (Å²) in [6.45, 7) is 11.2. The maximum absolute atomic E-state index is 2.49. The molecule has 0 bridgehead atoms. The molecule has 5 heteroatoms. The molecule has 20 rings (SSSR count). The first-order valence-electron chi connectivity index (χ1n) is 40.9.